The average molecular weight is 517 g/mol. The van der Waals surface area contributed by atoms with Crippen molar-refractivity contribution in [2.45, 2.75) is 111 Å². The van der Waals surface area contributed by atoms with Crippen LogP contribution in [0.4, 0.5) is 0 Å². The van der Waals surface area contributed by atoms with Gasteiger partial charge in [0.1, 0.15) is 6.10 Å². The number of carbonyl (C=O) groups is 2. The van der Waals surface area contributed by atoms with E-state index in [4.69, 9.17) is 9.47 Å². The van der Waals surface area contributed by atoms with Crippen LogP contribution < -0.4 is 0 Å². The van der Waals surface area contributed by atoms with Gasteiger partial charge in [-0.1, -0.05) is 39.3 Å². The summed E-state index contributed by atoms with van der Waals surface area (Å²) in [6.45, 7) is 13.8. The maximum Gasteiger partial charge on any atom is 0.333 e. The predicted molar refractivity (Wildman–Crippen MR) is 142 cm³/mol. The highest BCUT2D eigenvalue weighted by atomic mass is 16.5. The Balaban J connectivity index is 1.82. The minimum atomic E-state index is -0.528. The van der Waals surface area contributed by atoms with Gasteiger partial charge in [-0.15, -0.1) is 0 Å². The van der Waals surface area contributed by atoms with Crippen LogP contribution in [0.5, 0.6) is 0 Å². The zero-order valence-electron chi connectivity index (χ0n) is 23.9. The van der Waals surface area contributed by atoms with Crippen molar-refractivity contribution >= 4 is 12.4 Å². The number of allylic oxidation sites excluding steroid dienone is 2. The molecule has 10 unspecified atom stereocenters. The molecule has 4 fully saturated rings. The molecular formula is C31H48O6. The predicted octanol–water partition coefficient (Wildman–Crippen LogP) is 5.36. The van der Waals surface area contributed by atoms with E-state index in [1.54, 1.807) is 0 Å². The molecule has 4 aliphatic rings. The zero-order valence-corrected chi connectivity index (χ0v) is 23.9. The standard InChI is InChI=1S/C31H48O6/c1-18(2)9-8-10-20(28(35)36-7)26-22-15-24(34)27-29(4)13-12-23(33)19(3)21(29)11-14-30(27,5)31(22,6)16-25(26)37-17-32/h9,17,19,21-25,27,33-34H,8,10-16H2,1-7H3/b26-20-. The summed E-state index contributed by atoms with van der Waals surface area (Å²) in [7, 11) is 1.40. The minimum Gasteiger partial charge on any atom is -0.466 e. The lowest BCUT2D eigenvalue weighted by Gasteiger charge is -2.69. The van der Waals surface area contributed by atoms with E-state index in [0.29, 0.717) is 43.6 Å². The Morgan fingerprint density at radius 1 is 1.08 bits per heavy atom. The highest BCUT2D eigenvalue weighted by Gasteiger charge is 2.70. The summed E-state index contributed by atoms with van der Waals surface area (Å²) in [6.07, 6.45) is 6.88. The van der Waals surface area contributed by atoms with E-state index in [2.05, 4.69) is 33.8 Å². The van der Waals surface area contributed by atoms with Crippen molar-refractivity contribution < 1.29 is 29.3 Å². The average Bonchev–Trinajstić information content (AvgIpc) is 3.11. The lowest BCUT2D eigenvalue weighted by molar-refractivity contribution is -0.234. The number of carbonyl (C=O) groups excluding carboxylic acids is 2. The zero-order chi connectivity index (χ0) is 27.3. The van der Waals surface area contributed by atoms with E-state index in [1.807, 2.05) is 13.8 Å². The van der Waals surface area contributed by atoms with Crippen molar-refractivity contribution in [3.63, 3.8) is 0 Å². The summed E-state index contributed by atoms with van der Waals surface area (Å²) in [5.74, 6) is 0.234. The summed E-state index contributed by atoms with van der Waals surface area (Å²) < 4.78 is 11.0. The molecule has 4 aliphatic carbocycles. The molecule has 6 heteroatoms. The number of rotatable bonds is 6. The first-order chi connectivity index (χ1) is 17.4. The second-order valence-corrected chi connectivity index (χ2v) is 13.5. The first kappa shape index (κ1) is 28.4. The highest BCUT2D eigenvalue weighted by molar-refractivity contribution is 5.90. The number of hydrogen-bond donors (Lipinski definition) is 2. The number of esters is 1. The van der Waals surface area contributed by atoms with Crippen molar-refractivity contribution in [1.29, 1.82) is 0 Å². The summed E-state index contributed by atoms with van der Waals surface area (Å²) in [5.41, 5.74) is 2.14. The van der Waals surface area contributed by atoms with Gasteiger partial charge >= 0.3 is 5.97 Å². The van der Waals surface area contributed by atoms with Gasteiger partial charge in [-0.3, -0.25) is 4.79 Å². The van der Waals surface area contributed by atoms with E-state index >= 15 is 0 Å². The van der Waals surface area contributed by atoms with E-state index < -0.39 is 12.2 Å². The van der Waals surface area contributed by atoms with Crippen molar-refractivity contribution in [1.82, 2.24) is 0 Å². The third-order valence-electron chi connectivity index (χ3n) is 11.7. The van der Waals surface area contributed by atoms with E-state index in [-0.39, 0.29) is 46.1 Å². The van der Waals surface area contributed by atoms with Crippen molar-refractivity contribution in [2.24, 2.45) is 39.9 Å². The first-order valence-electron chi connectivity index (χ1n) is 14.3. The van der Waals surface area contributed by atoms with Gasteiger partial charge in [0, 0.05) is 5.57 Å². The van der Waals surface area contributed by atoms with Crippen LogP contribution in [0.15, 0.2) is 22.8 Å². The third-order valence-corrected chi connectivity index (χ3v) is 11.7. The molecule has 0 spiro atoms. The molecule has 10 atom stereocenters. The Morgan fingerprint density at radius 2 is 1.78 bits per heavy atom. The Kier molecular flexibility index (Phi) is 7.77. The number of aliphatic hydroxyl groups is 2. The maximum absolute atomic E-state index is 13.1. The normalized spacial score (nSPS) is 46.1. The fourth-order valence-corrected chi connectivity index (χ4v) is 9.78. The van der Waals surface area contributed by atoms with Crippen LogP contribution in [0.3, 0.4) is 0 Å². The Bertz CT molecular complexity index is 965. The summed E-state index contributed by atoms with van der Waals surface area (Å²) in [5, 5.41) is 22.6. The Labute approximate surface area is 222 Å². The van der Waals surface area contributed by atoms with Crippen LogP contribution in [-0.4, -0.2) is 48.1 Å². The van der Waals surface area contributed by atoms with Gasteiger partial charge in [0.15, 0.2) is 0 Å². The fourth-order valence-electron chi connectivity index (χ4n) is 9.78. The maximum atomic E-state index is 13.1. The van der Waals surface area contributed by atoms with Gasteiger partial charge in [-0.25, -0.2) is 4.79 Å². The van der Waals surface area contributed by atoms with Gasteiger partial charge in [0.05, 0.1) is 19.3 Å². The van der Waals surface area contributed by atoms with Crippen molar-refractivity contribution in [3.05, 3.63) is 22.8 Å². The lowest BCUT2D eigenvalue weighted by atomic mass is 9.36. The van der Waals surface area contributed by atoms with Crippen LogP contribution in [0.25, 0.3) is 0 Å². The van der Waals surface area contributed by atoms with E-state index in [0.717, 1.165) is 31.3 Å². The Morgan fingerprint density at radius 3 is 2.41 bits per heavy atom. The quantitative estimate of drug-likeness (QED) is 0.214. The molecule has 0 aliphatic heterocycles. The van der Waals surface area contributed by atoms with Gasteiger partial charge in [-0.05, 0) is 111 Å². The number of fused-ring (bicyclic) bond motifs is 5. The largest absolute Gasteiger partial charge is 0.466 e. The monoisotopic (exact) mass is 516 g/mol. The number of aliphatic hydroxyl groups excluding tert-OH is 2. The first-order valence-corrected chi connectivity index (χ1v) is 14.3. The highest BCUT2D eigenvalue weighted by Crippen LogP contribution is 2.74. The molecule has 2 N–H and O–H groups in total. The topological polar surface area (TPSA) is 93.1 Å². The van der Waals surface area contributed by atoms with Crippen LogP contribution in [-0.2, 0) is 19.1 Å². The molecule has 0 heterocycles. The molecule has 0 aromatic rings. The van der Waals surface area contributed by atoms with Gasteiger partial charge in [0.25, 0.3) is 6.47 Å². The van der Waals surface area contributed by atoms with Crippen LogP contribution >= 0.6 is 0 Å². The molecule has 4 saturated carbocycles. The summed E-state index contributed by atoms with van der Waals surface area (Å²) in [6, 6.07) is 0. The molecule has 6 nitrogen and oxygen atoms in total. The van der Waals surface area contributed by atoms with E-state index in [1.165, 1.54) is 12.7 Å². The number of ether oxygens (including phenoxy) is 2. The second kappa shape index (κ2) is 10.1. The summed E-state index contributed by atoms with van der Waals surface area (Å²) in [4.78, 5) is 24.8. The lowest BCUT2D eigenvalue weighted by Crippen LogP contribution is -2.65. The molecule has 0 aromatic carbocycles. The van der Waals surface area contributed by atoms with E-state index in [9.17, 15) is 19.8 Å². The van der Waals surface area contributed by atoms with Gasteiger partial charge < -0.3 is 19.7 Å². The molecular weight excluding hydrogens is 468 g/mol. The SMILES string of the molecule is COC(=O)/C(CCC=C(C)C)=C1\C(OC=O)CC2(C)C1CC(O)C1C3(C)CCC(O)C(C)C3CCC12C. The third kappa shape index (κ3) is 4.30. The molecule has 0 bridgehead atoms. The van der Waals surface area contributed by atoms with Crippen LogP contribution in [0, 0.1) is 39.9 Å². The fraction of sp³-hybridized carbons (Fsp3) is 0.806. The molecule has 37 heavy (non-hydrogen) atoms. The molecule has 0 saturated heterocycles. The van der Waals surface area contributed by atoms with Crippen molar-refractivity contribution in [3.8, 4) is 0 Å². The number of hydrogen-bond acceptors (Lipinski definition) is 6. The van der Waals surface area contributed by atoms with Crippen molar-refractivity contribution in [2.75, 3.05) is 7.11 Å². The summed E-state index contributed by atoms with van der Waals surface area (Å²) >= 11 is 0. The molecule has 0 amide bonds. The molecule has 4 rings (SSSR count). The van der Waals surface area contributed by atoms with Crippen LogP contribution in [0.2, 0.25) is 0 Å². The molecule has 0 aromatic heterocycles. The molecule has 208 valence electrons. The second-order valence-electron chi connectivity index (χ2n) is 13.5. The number of methoxy groups -OCH3 is 1. The Hall–Kier alpha value is -1.66. The smallest absolute Gasteiger partial charge is 0.333 e. The van der Waals surface area contributed by atoms with Crippen LogP contribution in [0.1, 0.15) is 92.9 Å². The minimum absolute atomic E-state index is 0.0683. The van der Waals surface area contributed by atoms with Gasteiger partial charge in [-0.2, -0.15) is 0 Å². The molecule has 0 radical (unpaired) electrons. The van der Waals surface area contributed by atoms with Gasteiger partial charge in [0.2, 0.25) is 0 Å².